The molecule has 0 saturated heterocycles. The summed E-state index contributed by atoms with van der Waals surface area (Å²) in [5, 5.41) is 0. The summed E-state index contributed by atoms with van der Waals surface area (Å²) >= 11 is 0. The lowest BCUT2D eigenvalue weighted by molar-refractivity contribution is 0.0624. The number of ether oxygens (including phenoxy) is 1. The molecule has 4 rings (SSSR count). The van der Waals surface area contributed by atoms with E-state index in [9.17, 15) is 0 Å². The van der Waals surface area contributed by atoms with Gasteiger partial charge in [-0.15, -0.1) is 0 Å². The van der Waals surface area contributed by atoms with Crippen LogP contribution in [0.2, 0.25) is 0 Å². The molecule has 0 spiro atoms. The van der Waals surface area contributed by atoms with E-state index in [1.165, 1.54) is 5.56 Å². The van der Waals surface area contributed by atoms with Crippen LogP contribution in [0.5, 0.6) is 0 Å². The highest BCUT2D eigenvalue weighted by Crippen LogP contribution is 2.37. The van der Waals surface area contributed by atoms with Crippen LogP contribution in [0.1, 0.15) is 35.8 Å². The van der Waals surface area contributed by atoms with Crippen molar-refractivity contribution in [3.63, 3.8) is 0 Å². The SMILES string of the molecule is C(#Cc1ccccc1)CO[C@@H]1CCCc2oc(-c3ccccc3)cc21. The van der Waals surface area contributed by atoms with Gasteiger partial charge in [0.05, 0.1) is 6.10 Å². The third kappa shape index (κ3) is 3.68. The maximum absolute atomic E-state index is 6.08. The first kappa shape index (κ1) is 15.7. The van der Waals surface area contributed by atoms with Gasteiger partial charge in [-0.3, -0.25) is 0 Å². The molecule has 0 radical (unpaired) electrons. The highest BCUT2D eigenvalue weighted by Gasteiger charge is 2.25. The summed E-state index contributed by atoms with van der Waals surface area (Å²) in [5.74, 6) is 8.24. The van der Waals surface area contributed by atoms with E-state index in [0.29, 0.717) is 6.61 Å². The molecule has 2 heteroatoms. The van der Waals surface area contributed by atoms with Crippen molar-refractivity contribution in [2.45, 2.75) is 25.4 Å². The predicted octanol–water partition coefficient (Wildman–Crippen LogP) is 5.39. The van der Waals surface area contributed by atoms with Crippen LogP contribution in [0.3, 0.4) is 0 Å². The van der Waals surface area contributed by atoms with Crippen molar-refractivity contribution in [1.29, 1.82) is 0 Å². The van der Waals surface area contributed by atoms with Gasteiger partial charge in [-0.2, -0.15) is 0 Å². The Morgan fingerprint density at radius 3 is 2.56 bits per heavy atom. The molecule has 0 saturated carbocycles. The van der Waals surface area contributed by atoms with Gasteiger partial charge in [0.1, 0.15) is 18.1 Å². The van der Waals surface area contributed by atoms with Gasteiger partial charge in [-0.05, 0) is 31.0 Å². The van der Waals surface area contributed by atoms with Crippen molar-refractivity contribution in [3.05, 3.63) is 83.6 Å². The van der Waals surface area contributed by atoms with Gasteiger partial charge in [0.25, 0.3) is 0 Å². The lowest BCUT2D eigenvalue weighted by Gasteiger charge is -2.20. The molecule has 1 aliphatic rings. The van der Waals surface area contributed by atoms with Gasteiger partial charge < -0.3 is 9.15 Å². The van der Waals surface area contributed by atoms with E-state index < -0.39 is 0 Å². The van der Waals surface area contributed by atoms with Crippen molar-refractivity contribution in [1.82, 2.24) is 0 Å². The van der Waals surface area contributed by atoms with Crippen LogP contribution in [-0.4, -0.2) is 6.61 Å². The molecule has 0 fully saturated rings. The highest BCUT2D eigenvalue weighted by molar-refractivity contribution is 5.59. The molecule has 25 heavy (non-hydrogen) atoms. The minimum atomic E-state index is 0.0787. The lowest BCUT2D eigenvalue weighted by Crippen LogP contribution is -2.11. The largest absolute Gasteiger partial charge is 0.461 e. The highest BCUT2D eigenvalue weighted by atomic mass is 16.5. The summed E-state index contributed by atoms with van der Waals surface area (Å²) in [5.41, 5.74) is 3.32. The molecule has 0 N–H and O–H groups in total. The number of fused-ring (bicyclic) bond motifs is 1. The van der Waals surface area contributed by atoms with Gasteiger partial charge in [0.2, 0.25) is 0 Å². The summed E-state index contributed by atoms with van der Waals surface area (Å²) in [4.78, 5) is 0. The van der Waals surface area contributed by atoms with E-state index in [1.807, 2.05) is 48.5 Å². The normalized spacial score (nSPS) is 15.9. The molecular weight excluding hydrogens is 308 g/mol. The van der Waals surface area contributed by atoms with Crippen LogP contribution in [0.4, 0.5) is 0 Å². The van der Waals surface area contributed by atoms with Crippen LogP contribution in [0, 0.1) is 11.8 Å². The van der Waals surface area contributed by atoms with Gasteiger partial charge in [-0.1, -0.05) is 60.4 Å². The number of furan rings is 1. The van der Waals surface area contributed by atoms with Crippen molar-refractivity contribution >= 4 is 0 Å². The van der Waals surface area contributed by atoms with Crippen molar-refractivity contribution < 1.29 is 9.15 Å². The summed E-state index contributed by atoms with van der Waals surface area (Å²) in [7, 11) is 0. The van der Waals surface area contributed by atoms with Gasteiger partial charge in [0, 0.05) is 23.1 Å². The molecule has 1 atom stereocenters. The molecule has 0 amide bonds. The van der Waals surface area contributed by atoms with Crippen LogP contribution in [0.15, 0.2) is 71.1 Å². The summed E-state index contributed by atoms with van der Waals surface area (Å²) in [6.45, 7) is 0.435. The average molecular weight is 328 g/mol. The molecule has 0 aliphatic heterocycles. The van der Waals surface area contributed by atoms with E-state index >= 15 is 0 Å². The van der Waals surface area contributed by atoms with E-state index in [4.69, 9.17) is 9.15 Å². The standard InChI is InChI=1S/C23H20O2/c1-3-9-18(10-4-1)11-8-16-24-21-14-7-15-22-20(21)17-23(25-22)19-12-5-2-6-13-19/h1-6,9-10,12-13,17,21H,7,14-16H2/t21-/m1/s1. The quantitative estimate of drug-likeness (QED) is 0.601. The lowest BCUT2D eigenvalue weighted by atomic mass is 9.95. The zero-order chi connectivity index (χ0) is 16.9. The van der Waals surface area contributed by atoms with Crippen LogP contribution in [0.25, 0.3) is 11.3 Å². The molecular formula is C23H20O2. The molecule has 2 nitrogen and oxygen atoms in total. The Kier molecular flexibility index (Phi) is 4.68. The molecule has 1 aromatic heterocycles. The Morgan fingerprint density at radius 1 is 1.00 bits per heavy atom. The van der Waals surface area contributed by atoms with Crippen molar-refractivity contribution in [3.8, 4) is 23.2 Å². The number of hydrogen-bond donors (Lipinski definition) is 0. The van der Waals surface area contributed by atoms with Gasteiger partial charge in [-0.25, -0.2) is 0 Å². The Labute approximate surface area is 148 Å². The third-order valence-corrected chi connectivity index (χ3v) is 4.48. The van der Waals surface area contributed by atoms with Crippen LogP contribution < -0.4 is 0 Å². The Morgan fingerprint density at radius 2 is 1.76 bits per heavy atom. The fraction of sp³-hybridized carbons (Fsp3) is 0.217. The van der Waals surface area contributed by atoms with Crippen LogP contribution >= 0.6 is 0 Å². The number of aryl methyl sites for hydroxylation is 1. The number of rotatable bonds is 3. The fourth-order valence-corrected chi connectivity index (χ4v) is 3.23. The summed E-state index contributed by atoms with van der Waals surface area (Å²) < 4.78 is 12.1. The van der Waals surface area contributed by atoms with E-state index in [-0.39, 0.29) is 6.10 Å². The minimum absolute atomic E-state index is 0.0787. The van der Waals surface area contributed by atoms with E-state index in [2.05, 4.69) is 30.0 Å². The molecule has 0 bridgehead atoms. The number of hydrogen-bond acceptors (Lipinski definition) is 2. The molecule has 3 aromatic rings. The Balaban J connectivity index is 1.47. The maximum atomic E-state index is 6.08. The Hall–Kier alpha value is -2.76. The predicted molar refractivity (Wildman–Crippen MR) is 99.1 cm³/mol. The van der Waals surface area contributed by atoms with Crippen molar-refractivity contribution in [2.24, 2.45) is 0 Å². The van der Waals surface area contributed by atoms with Crippen LogP contribution in [-0.2, 0) is 11.2 Å². The molecule has 0 unspecified atom stereocenters. The molecule has 1 aliphatic carbocycles. The molecule has 1 heterocycles. The summed E-state index contributed by atoms with van der Waals surface area (Å²) in [6.07, 6.45) is 3.17. The zero-order valence-electron chi connectivity index (χ0n) is 14.1. The summed E-state index contributed by atoms with van der Waals surface area (Å²) in [6, 6.07) is 22.4. The second-order valence-electron chi connectivity index (χ2n) is 6.21. The van der Waals surface area contributed by atoms with Gasteiger partial charge in [0.15, 0.2) is 0 Å². The fourth-order valence-electron chi connectivity index (χ4n) is 3.23. The first-order valence-corrected chi connectivity index (χ1v) is 8.74. The van der Waals surface area contributed by atoms with Crippen molar-refractivity contribution in [2.75, 3.05) is 6.61 Å². The molecule has 124 valence electrons. The second-order valence-corrected chi connectivity index (χ2v) is 6.21. The average Bonchev–Trinajstić information content (AvgIpc) is 3.12. The number of benzene rings is 2. The smallest absolute Gasteiger partial charge is 0.134 e. The van der Waals surface area contributed by atoms with E-state index in [0.717, 1.165) is 41.9 Å². The van der Waals surface area contributed by atoms with E-state index in [1.54, 1.807) is 0 Å². The maximum Gasteiger partial charge on any atom is 0.134 e. The Bertz CT molecular complexity index is 882. The second kappa shape index (κ2) is 7.42. The first-order chi connectivity index (χ1) is 12.4. The third-order valence-electron chi connectivity index (χ3n) is 4.48. The van der Waals surface area contributed by atoms with Gasteiger partial charge >= 0.3 is 0 Å². The topological polar surface area (TPSA) is 22.4 Å². The zero-order valence-corrected chi connectivity index (χ0v) is 14.1. The molecule has 2 aromatic carbocycles. The monoisotopic (exact) mass is 328 g/mol. The minimum Gasteiger partial charge on any atom is -0.461 e. The first-order valence-electron chi connectivity index (χ1n) is 8.74.